The minimum atomic E-state index is 0.0701. The average molecular weight is 530 g/mol. The van der Waals surface area contributed by atoms with Gasteiger partial charge in [-0.3, -0.25) is 9.69 Å². The predicted molar refractivity (Wildman–Crippen MR) is 144 cm³/mol. The van der Waals surface area contributed by atoms with Gasteiger partial charge in [-0.1, -0.05) is 40.1 Å². The van der Waals surface area contributed by atoms with E-state index in [1.165, 1.54) is 0 Å². The predicted octanol–water partition coefficient (Wildman–Crippen LogP) is 4.73. The molecule has 1 N–H and O–H groups in total. The second-order valence-corrected chi connectivity index (χ2v) is 10.0. The Balaban J connectivity index is 1.37. The summed E-state index contributed by atoms with van der Waals surface area (Å²) >= 11 is 12.5. The van der Waals surface area contributed by atoms with Gasteiger partial charge in [-0.05, 0) is 49.6 Å². The Morgan fingerprint density at radius 1 is 1.17 bits per heavy atom. The van der Waals surface area contributed by atoms with Crippen molar-refractivity contribution in [2.45, 2.75) is 38.3 Å². The van der Waals surface area contributed by atoms with Gasteiger partial charge in [0.05, 0.1) is 5.02 Å². The summed E-state index contributed by atoms with van der Waals surface area (Å²) in [5.74, 6) is 0.796. The van der Waals surface area contributed by atoms with Gasteiger partial charge in [0, 0.05) is 67.2 Å². The highest BCUT2D eigenvalue weighted by Gasteiger charge is 2.35. The Bertz CT molecular complexity index is 1140. The number of nitrogens with zero attached hydrogens (tertiary/aromatic N) is 6. The highest BCUT2D eigenvalue weighted by atomic mass is 35.5. The number of halogens is 2. The van der Waals surface area contributed by atoms with Crippen LogP contribution in [-0.4, -0.2) is 83.0 Å². The summed E-state index contributed by atoms with van der Waals surface area (Å²) < 4.78 is 0. The number of hydrogen-bond donors (Lipinski definition) is 1. The van der Waals surface area contributed by atoms with Crippen LogP contribution >= 0.6 is 23.2 Å². The zero-order valence-corrected chi connectivity index (χ0v) is 21.9. The number of benzene rings is 1. The molecule has 3 heterocycles. The molecule has 0 aliphatic carbocycles. The van der Waals surface area contributed by atoms with Gasteiger partial charge in [-0.25, -0.2) is 4.98 Å². The molecule has 2 fully saturated rings. The zero-order chi connectivity index (χ0) is 25.7. The SMILES string of the molecule is C#[N+]CC(=NO)c1cnc(N2CCN(C3CCN(C(=O)c4ccc(Cl)cc4)CC3)[C@@H](CC)C2)c(Cl)c1. The van der Waals surface area contributed by atoms with Crippen LogP contribution in [0.1, 0.15) is 42.1 Å². The second kappa shape index (κ2) is 11.9. The third-order valence-corrected chi connectivity index (χ3v) is 7.66. The molecular weight excluding hydrogens is 499 g/mol. The number of piperidine rings is 1. The normalized spacial score (nSPS) is 19.8. The van der Waals surface area contributed by atoms with E-state index in [0.717, 1.165) is 57.8 Å². The number of carbonyl (C=O) groups is 1. The molecule has 1 atom stereocenters. The van der Waals surface area contributed by atoms with E-state index in [-0.39, 0.29) is 12.5 Å². The number of pyridine rings is 1. The Labute approximate surface area is 221 Å². The molecule has 10 heteroatoms. The van der Waals surface area contributed by atoms with Gasteiger partial charge >= 0.3 is 6.54 Å². The topological polar surface area (TPSA) is 76.6 Å². The molecule has 1 aromatic carbocycles. The lowest BCUT2D eigenvalue weighted by Gasteiger charge is -2.47. The molecule has 0 radical (unpaired) electrons. The van der Waals surface area contributed by atoms with Gasteiger partial charge in [-0.15, -0.1) is 0 Å². The van der Waals surface area contributed by atoms with Crippen LogP contribution in [0.15, 0.2) is 41.7 Å². The molecule has 0 unspecified atom stereocenters. The molecule has 1 aromatic heterocycles. The van der Waals surface area contributed by atoms with E-state index in [9.17, 15) is 10.0 Å². The fraction of sp³-hybridized carbons (Fsp3) is 0.462. The quantitative estimate of drug-likeness (QED) is 0.332. The number of amides is 1. The third-order valence-electron chi connectivity index (χ3n) is 7.13. The number of rotatable bonds is 6. The van der Waals surface area contributed by atoms with Crippen molar-refractivity contribution in [1.29, 1.82) is 0 Å². The van der Waals surface area contributed by atoms with Gasteiger partial charge in [0.25, 0.3) is 12.5 Å². The first kappa shape index (κ1) is 26.2. The first-order valence-corrected chi connectivity index (χ1v) is 13.0. The van der Waals surface area contributed by atoms with Crippen molar-refractivity contribution >= 4 is 40.6 Å². The maximum absolute atomic E-state index is 12.9. The number of anilines is 1. The summed E-state index contributed by atoms with van der Waals surface area (Å²) in [6, 6.07) is 9.66. The molecule has 2 saturated heterocycles. The molecule has 0 bridgehead atoms. The highest BCUT2D eigenvalue weighted by Crippen LogP contribution is 2.30. The molecule has 0 saturated carbocycles. The van der Waals surface area contributed by atoms with E-state index in [1.54, 1.807) is 36.5 Å². The van der Waals surface area contributed by atoms with Crippen molar-refractivity contribution in [3.63, 3.8) is 0 Å². The van der Waals surface area contributed by atoms with Crippen molar-refractivity contribution in [2.75, 3.05) is 44.2 Å². The molecule has 1 amide bonds. The average Bonchev–Trinajstić information content (AvgIpc) is 2.91. The lowest BCUT2D eigenvalue weighted by atomic mass is 9.97. The van der Waals surface area contributed by atoms with Crippen LogP contribution in [0, 0.1) is 6.57 Å². The molecule has 2 aliphatic rings. The van der Waals surface area contributed by atoms with Gasteiger partial charge < -0.3 is 15.0 Å². The number of carbonyl (C=O) groups excluding carboxylic acids is 1. The smallest absolute Gasteiger partial charge is 0.308 e. The Kier molecular flexibility index (Phi) is 8.68. The molecular formula is C26H31Cl2N6O2+. The molecule has 2 aromatic rings. The van der Waals surface area contributed by atoms with Gasteiger partial charge in [0.15, 0.2) is 5.71 Å². The van der Waals surface area contributed by atoms with Crippen LogP contribution in [-0.2, 0) is 0 Å². The summed E-state index contributed by atoms with van der Waals surface area (Å²) in [7, 11) is 0. The van der Waals surface area contributed by atoms with E-state index in [2.05, 4.69) is 31.7 Å². The van der Waals surface area contributed by atoms with E-state index >= 15 is 0 Å². The fourth-order valence-electron chi connectivity index (χ4n) is 5.17. The van der Waals surface area contributed by atoms with Crippen molar-refractivity contribution in [2.24, 2.45) is 5.16 Å². The van der Waals surface area contributed by atoms with Crippen molar-refractivity contribution in [3.8, 4) is 6.57 Å². The third kappa shape index (κ3) is 5.75. The first-order chi connectivity index (χ1) is 17.4. The summed E-state index contributed by atoms with van der Waals surface area (Å²) in [6.07, 6.45) is 4.57. The van der Waals surface area contributed by atoms with Crippen LogP contribution < -0.4 is 4.90 Å². The zero-order valence-electron chi connectivity index (χ0n) is 20.4. The summed E-state index contributed by atoms with van der Waals surface area (Å²) in [6.45, 7) is 11.6. The minimum Gasteiger partial charge on any atom is -0.410 e. The number of piperazine rings is 1. The van der Waals surface area contributed by atoms with E-state index in [4.69, 9.17) is 29.8 Å². The molecule has 0 spiro atoms. The van der Waals surface area contributed by atoms with Crippen molar-refractivity contribution in [1.82, 2.24) is 14.8 Å². The fourth-order valence-corrected chi connectivity index (χ4v) is 5.58. The van der Waals surface area contributed by atoms with Crippen LogP contribution in [0.5, 0.6) is 0 Å². The number of likely N-dealkylation sites (tertiary alicyclic amines) is 1. The van der Waals surface area contributed by atoms with Crippen molar-refractivity contribution < 1.29 is 10.0 Å². The molecule has 2 aliphatic heterocycles. The number of oxime groups is 1. The summed E-state index contributed by atoms with van der Waals surface area (Å²) in [5.41, 5.74) is 1.59. The summed E-state index contributed by atoms with van der Waals surface area (Å²) in [5, 5.41) is 13.6. The summed E-state index contributed by atoms with van der Waals surface area (Å²) in [4.78, 5) is 27.7. The maximum Gasteiger partial charge on any atom is 0.308 e. The second-order valence-electron chi connectivity index (χ2n) is 9.19. The Morgan fingerprint density at radius 2 is 1.89 bits per heavy atom. The first-order valence-electron chi connectivity index (χ1n) is 12.2. The number of hydrogen-bond acceptors (Lipinski definition) is 6. The van der Waals surface area contributed by atoms with Crippen LogP contribution in [0.3, 0.4) is 0 Å². The van der Waals surface area contributed by atoms with E-state index in [1.807, 2.05) is 4.90 Å². The van der Waals surface area contributed by atoms with Gasteiger partial charge in [0.1, 0.15) is 5.82 Å². The van der Waals surface area contributed by atoms with E-state index < -0.39 is 0 Å². The molecule has 190 valence electrons. The monoisotopic (exact) mass is 529 g/mol. The van der Waals surface area contributed by atoms with Crippen molar-refractivity contribution in [3.05, 3.63) is 62.5 Å². The standard InChI is InChI=1S/C26H30Cl2N6O2/c1-3-21-17-33(25-23(28)14-19(15-30-25)24(31-36)16-29-2)12-13-34(21)22-8-10-32(11-9-22)26(35)18-4-6-20(27)7-5-18/h2,4-7,14-15,21-22H,3,8-13,16-17H2,1H3/p+1/t21-/m0/s1. The number of aromatic nitrogens is 1. The van der Waals surface area contributed by atoms with Gasteiger partial charge in [0.2, 0.25) is 0 Å². The minimum absolute atomic E-state index is 0.0701. The lowest BCUT2D eigenvalue weighted by Crippen LogP contribution is -2.58. The van der Waals surface area contributed by atoms with Crippen LogP contribution in [0.4, 0.5) is 5.82 Å². The molecule has 4 rings (SSSR count). The molecule has 8 nitrogen and oxygen atoms in total. The largest absolute Gasteiger partial charge is 0.410 e. The lowest BCUT2D eigenvalue weighted by molar-refractivity contribution is 0.0491. The van der Waals surface area contributed by atoms with Crippen LogP contribution in [0.25, 0.3) is 4.85 Å². The molecule has 36 heavy (non-hydrogen) atoms. The van der Waals surface area contributed by atoms with Crippen LogP contribution in [0.2, 0.25) is 10.0 Å². The maximum atomic E-state index is 12.9. The van der Waals surface area contributed by atoms with Gasteiger partial charge in [-0.2, -0.15) is 0 Å². The highest BCUT2D eigenvalue weighted by molar-refractivity contribution is 6.33. The Hall–Kier alpha value is -2.86. The Morgan fingerprint density at radius 3 is 2.50 bits per heavy atom. The van der Waals surface area contributed by atoms with E-state index in [0.29, 0.717) is 39.0 Å².